The first-order valence-corrected chi connectivity index (χ1v) is 16.2. The minimum Gasteiger partial charge on any atom is -0.465 e. The van der Waals surface area contributed by atoms with E-state index < -0.39 is 17.7 Å². The minimum atomic E-state index is -4.50. The van der Waals surface area contributed by atoms with E-state index in [0.717, 1.165) is 82.8 Å². The number of anilines is 1. The largest absolute Gasteiger partial charge is 0.465 e. The lowest BCUT2D eigenvalue weighted by molar-refractivity contribution is -0.137. The summed E-state index contributed by atoms with van der Waals surface area (Å²) >= 11 is 0. The standard InChI is InChI=1S/C35H43F3N4O3/c1-44-28-13-19-42(20-14-28)27-9-10-31-29(22-27)32(34(43)45-2)30(33(39-31)24-7-6-8-25(21-24)35(36,37)38)23-40-17-11-26(12-18-40)41-15-4-3-5-16-41/h6-10,21-22,26,28H,3-5,11-20,23H2,1-2H3. The summed E-state index contributed by atoms with van der Waals surface area (Å²) in [5, 5.41) is 0.655. The lowest BCUT2D eigenvalue weighted by Crippen LogP contribution is -2.46. The van der Waals surface area contributed by atoms with E-state index in [2.05, 4.69) is 14.7 Å². The first-order chi connectivity index (χ1) is 21.7. The van der Waals surface area contributed by atoms with Gasteiger partial charge < -0.3 is 19.3 Å². The molecule has 0 saturated carbocycles. The predicted octanol–water partition coefficient (Wildman–Crippen LogP) is 6.77. The lowest BCUT2D eigenvalue weighted by Gasteiger charge is -2.40. The number of hydrogen-bond acceptors (Lipinski definition) is 7. The van der Waals surface area contributed by atoms with Crippen LogP contribution in [-0.4, -0.2) is 86.4 Å². The van der Waals surface area contributed by atoms with Crippen LogP contribution in [-0.2, 0) is 22.2 Å². The van der Waals surface area contributed by atoms with E-state index in [4.69, 9.17) is 14.5 Å². The summed E-state index contributed by atoms with van der Waals surface area (Å²) in [6.07, 6.45) is 3.38. The van der Waals surface area contributed by atoms with E-state index >= 15 is 0 Å². The number of alkyl halides is 3. The molecular formula is C35H43F3N4O3. The van der Waals surface area contributed by atoms with Crippen molar-refractivity contribution in [1.82, 2.24) is 14.8 Å². The molecule has 3 aliphatic heterocycles. The van der Waals surface area contributed by atoms with Crippen LogP contribution in [0.25, 0.3) is 22.2 Å². The van der Waals surface area contributed by atoms with Gasteiger partial charge in [0.15, 0.2) is 0 Å². The van der Waals surface area contributed by atoms with E-state index in [1.54, 1.807) is 13.2 Å². The number of aromatic nitrogens is 1. The normalized spacial score (nSPS) is 19.7. The predicted molar refractivity (Wildman–Crippen MR) is 169 cm³/mol. The molecule has 3 saturated heterocycles. The number of pyridine rings is 1. The van der Waals surface area contributed by atoms with Crippen LogP contribution in [0.3, 0.4) is 0 Å². The minimum absolute atomic E-state index is 0.231. The molecule has 3 fully saturated rings. The fourth-order valence-corrected chi connectivity index (χ4v) is 7.36. The van der Waals surface area contributed by atoms with Crippen molar-refractivity contribution in [3.63, 3.8) is 0 Å². The Morgan fingerprint density at radius 2 is 1.64 bits per heavy atom. The zero-order chi connectivity index (χ0) is 31.6. The molecule has 10 heteroatoms. The Morgan fingerprint density at radius 3 is 2.31 bits per heavy atom. The molecule has 2 aromatic carbocycles. The number of likely N-dealkylation sites (tertiary alicyclic amines) is 2. The van der Waals surface area contributed by atoms with E-state index in [9.17, 15) is 18.0 Å². The number of rotatable bonds is 7. The van der Waals surface area contributed by atoms with Crippen molar-refractivity contribution in [1.29, 1.82) is 0 Å². The lowest BCUT2D eigenvalue weighted by atomic mass is 9.93. The highest BCUT2D eigenvalue weighted by Crippen LogP contribution is 2.37. The second-order valence-corrected chi connectivity index (χ2v) is 12.6. The van der Waals surface area contributed by atoms with Crippen molar-refractivity contribution < 1.29 is 27.4 Å². The van der Waals surface area contributed by atoms with Gasteiger partial charge in [0, 0.05) is 55.0 Å². The molecule has 0 unspecified atom stereocenters. The second kappa shape index (κ2) is 13.6. The Morgan fingerprint density at radius 1 is 0.911 bits per heavy atom. The van der Waals surface area contributed by atoms with Crippen LogP contribution in [0.2, 0.25) is 0 Å². The molecule has 0 N–H and O–H groups in total. The number of benzene rings is 2. The van der Waals surface area contributed by atoms with Gasteiger partial charge in [-0.05, 0) is 95.0 Å². The molecule has 0 bridgehead atoms. The molecule has 0 spiro atoms. The van der Waals surface area contributed by atoms with Gasteiger partial charge in [-0.3, -0.25) is 4.90 Å². The molecule has 4 heterocycles. The number of methoxy groups -OCH3 is 2. The van der Waals surface area contributed by atoms with E-state index in [1.165, 1.54) is 32.4 Å². The van der Waals surface area contributed by atoms with Gasteiger partial charge in [-0.2, -0.15) is 13.2 Å². The van der Waals surface area contributed by atoms with Gasteiger partial charge in [-0.15, -0.1) is 0 Å². The molecule has 3 aromatic rings. The van der Waals surface area contributed by atoms with Gasteiger partial charge in [0.05, 0.1) is 35.6 Å². The number of nitrogens with zero attached hydrogens (tertiary/aromatic N) is 4. The summed E-state index contributed by atoms with van der Waals surface area (Å²) in [6.45, 7) is 6.04. The van der Waals surface area contributed by atoms with Gasteiger partial charge in [0.25, 0.3) is 0 Å². The van der Waals surface area contributed by atoms with Crippen molar-refractivity contribution >= 4 is 22.6 Å². The highest BCUT2D eigenvalue weighted by Gasteiger charge is 2.33. The zero-order valence-electron chi connectivity index (χ0n) is 26.2. The summed E-state index contributed by atoms with van der Waals surface area (Å²) in [6, 6.07) is 11.6. The van der Waals surface area contributed by atoms with Crippen molar-refractivity contribution in [3.8, 4) is 11.3 Å². The maximum absolute atomic E-state index is 13.8. The average Bonchev–Trinajstić information content (AvgIpc) is 3.08. The van der Waals surface area contributed by atoms with Crippen LogP contribution in [0.1, 0.15) is 66.4 Å². The summed E-state index contributed by atoms with van der Waals surface area (Å²) in [5.74, 6) is -0.510. The van der Waals surface area contributed by atoms with Crippen LogP contribution in [0.15, 0.2) is 42.5 Å². The van der Waals surface area contributed by atoms with Crippen LogP contribution in [0.4, 0.5) is 18.9 Å². The zero-order valence-corrected chi connectivity index (χ0v) is 26.2. The summed E-state index contributed by atoms with van der Waals surface area (Å²) in [4.78, 5) is 25.8. The fraction of sp³-hybridized carbons (Fsp3) is 0.543. The average molecular weight is 625 g/mol. The molecule has 7 nitrogen and oxygen atoms in total. The van der Waals surface area contributed by atoms with Crippen LogP contribution >= 0.6 is 0 Å². The van der Waals surface area contributed by atoms with Gasteiger partial charge in [-0.25, -0.2) is 9.78 Å². The maximum atomic E-state index is 13.8. The molecular weight excluding hydrogens is 581 g/mol. The maximum Gasteiger partial charge on any atom is 0.416 e. The van der Waals surface area contributed by atoms with E-state index in [1.807, 2.05) is 18.2 Å². The SMILES string of the molecule is COC(=O)c1c(CN2CCC(N3CCCCC3)CC2)c(-c2cccc(C(F)(F)F)c2)nc2ccc(N3CCC(OC)CC3)cc12. The number of esters is 1. The number of halogens is 3. The molecule has 0 amide bonds. The van der Waals surface area contributed by atoms with Crippen LogP contribution < -0.4 is 4.90 Å². The highest BCUT2D eigenvalue weighted by molar-refractivity contribution is 6.07. The Hall–Kier alpha value is -3.21. The monoisotopic (exact) mass is 624 g/mol. The molecule has 3 aliphatic rings. The van der Waals surface area contributed by atoms with Crippen molar-refractivity contribution in [2.45, 2.75) is 69.8 Å². The number of fused-ring (bicyclic) bond motifs is 1. The van der Waals surface area contributed by atoms with Gasteiger partial charge in [-0.1, -0.05) is 18.6 Å². The highest BCUT2D eigenvalue weighted by atomic mass is 19.4. The third kappa shape index (κ3) is 6.98. The molecule has 6 rings (SSSR count). The fourth-order valence-electron chi connectivity index (χ4n) is 7.36. The van der Waals surface area contributed by atoms with E-state index in [0.29, 0.717) is 45.9 Å². The number of hydrogen-bond donors (Lipinski definition) is 0. The molecule has 242 valence electrons. The van der Waals surface area contributed by atoms with E-state index in [-0.39, 0.29) is 6.10 Å². The number of carbonyl (C=O) groups excluding carboxylic acids is 1. The summed E-state index contributed by atoms with van der Waals surface area (Å²) in [5.41, 5.74) is 2.49. The number of piperidine rings is 3. The quantitative estimate of drug-likeness (QED) is 0.269. The molecule has 0 radical (unpaired) electrons. The van der Waals surface area contributed by atoms with Crippen molar-refractivity contribution in [2.24, 2.45) is 0 Å². The Labute approximate surface area is 263 Å². The summed E-state index contributed by atoms with van der Waals surface area (Å²) < 4.78 is 52.3. The topological polar surface area (TPSA) is 58.1 Å². The number of carbonyl (C=O) groups is 1. The van der Waals surface area contributed by atoms with Crippen LogP contribution in [0.5, 0.6) is 0 Å². The van der Waals surface area contributed by atoms with Crippen molar-refractivity contribution in [3.05, 3.63) is 59.2 Å². The Bertz CT molecular complexity index is 1490. The first-order valence-electron chi connectivity index (χ1n) is 16.2. The van der Waals surface area contributed by atoms with Gasteiger partial charge in [0.1, 0.15) is 0 Å². The molecule has 0 aliphatic carbocycles. The third-order valence-electron chi connectivity index (χ3n) is 9.91. The van der Waals surface area contributed by atoms with Crippen molar-refractivity contribution in [2.75, 3.05) is 58.4 Å². The smallest absolute Gasteiger partial charge is 0.416 e. The molecule has 0 atom stereocenters. The summed E-state index contributed by atoms with van der Waals surface area (Å²) in [7, 11) is 3.09. The molecule has 45 heavy (non-hydrogen) atoms. The Balaban J connectivity index is 1.41. The van der Waals surface area contributed by atoms with Gasteiger partial charge >= 0.3 is 12.1 Å². The second-order valence-electron chi connectivity index (χ2n) is 12.6. The number of ether oxygens (including phenoxy) is 2. The third-order valence-corrected chi connectivity index (χ3v) is 9.91. The molecule has 1 aromatic heterocycles. The first kappa shape index (κ1) is 31.8. The van der Waals surface area contributed by atoms with Gasteiger partial charge in [0.2, 0.25) is 0 Å². The van der Waals surface area contributed by atoms with Crippen LogP contribution in [0, 0.1) is 0 Å². The Kier molecular flexibility index (Phi) is 9.63.